The second-order valence-electron chi connectivity index (χ2n) is 4.87. The summed E-state index contributed by atoms with van der Waals surface area (Å²) in [4.78, 5) is 0. The van der Waals surface area contributed by atoms with E-state index in [1.54, 1.807) is 12.1 Å². The van der Waals surface area contributed by atoms with Crippen molar-refractivity contribution in [3.05, 3.63) is 69.2 Å². The van der Waals surface area contributed by atoms with Crippen LogP contribution in [0.3, 0.4) is 0 Å². The molecule has 2 atom stereocenters. The Morgan fingerprint density at radius 2 is 1.60 bits per heavy atom. The van der Waals surface area contributed by atoms with E-state index >= 15 is 0 Å². The quantitative estimate of drug-likeness (QED) is 0.894. The number of halogens is 2. The van der Waals surface area contributed by atoms with Gasteiger partial charge in [0.1, 0.15) is 0 Å². The van der Waals surface area contributed by atoms with E-state index < -0.39 is 6.10 Å². The Balaban J connectivity index is 2.31. The van der Waals surface area contributed by atoms with E-state index in [1.807, 2.05) is 37.3 Å². The van der Waals surface area contributed by atoms with Gasteiger partial charge in [-0.3, -0.25) is 0 Å². The van der Waals surface area contributed by atoms with Crippen LogP contribution in [-0.2, 0) is 0 Å². The van der Waals surface area contributed by atoms with Crippen LogP contribution < -0.4 is 5.73 Å². The molecule has 0 fully saturated rings. The molecule has 0 amide bonds. The van der Waals surface area contributed by atoms with Gasteiger partial charge in [0.15, 0.2) is 0 Å². The van der Waals surface area contributed by atoms with Gasteiger partial charge in [-0.15, -0.1) is 0 Å². The predicted molar refractivity (Wildman–Crippen MR) is 84.4 cm³/mol. The summed E-state index contributed by atoms with van der Waals surface area (Å²) in [5.74, 6) is -0.215. The molecule has 0 aliphatic carbocycles. The molecule has 2 rings (SSSR count). The first-order chi connectivity index (χ1) is 9.52. The average molecular weight is 310 g/mol. The summed E-state index contributed by atoms with van der Waals surface area (Å²) in [7, 11) is 0. The van der Waals surface area contributed by atoms with Crippen LogP contribution in [0.1, 0.15) is 28.7 Å². The summed E-state index contributed by atoms with van der Waals surface area (Å²) < 4.78 is 0. The lowest BCUT2D eigenvalue weighted by molar-refractivity contribution is 0.147. The normalized spacial score (nSPS) is 14.1. The van der Waals surface area contributed by atoms with Gasteiger partial charge in [0.25, 0.3) is 0 Å². The van der Waals surface area contributed by atoms with Crippen molar-refractivity contribution >= 4 is 23.2 Å². The second-order valence-corrected chi connectivity index (χ2v) is 5.69. The highest BCUT2D eigenvalue weighted by atomic mass is 35.5. The minimum atomic E-state index is -0.669. The van der Waals surface area contributed by atoms with Crippen molar-refractivity contribution in [2.75, 3.05) is 6.54 Å². The summed E-state index contributed by atoms with van der Waals surface area (Å²) >= 11 is 11.9. The SMILES string of the molecule is Cc1ccc(C(O)C(CN)c2ccc(Cl)c(Cl)c2)cc1. The zero-order valence-corrected chi connectivity index (χ0v) is 12.7. The van der Waals surface area contributed by atoms with E-state index in [0.717, 1.165) is 16.7 Å². The summed E-state index contributed by atoms with van der Waals surface area (Å²) in [5, 5.41) is 11.5. The molecule has 20 heavy (non-hydrogen) atoms. The minimum absolute atomic E-state index is 0.215. The molecule has 0 aliphatic rings. The van der Waals surface area contributed by atoms with E-state index in [-0.39, 0.29) is 5.92 Å². The van der Waals surface area contributed by atoms with Gasteiger partial charge in [-0.1, -0.05) is 59.1 Å². The van der Waals surface area contributed by atoms with Crippen LogP contribution in [0.15, 0.2) is 42.5 Å². The van der Waals surface area contributed by atoms with Crippen molar-refractivity contribution in [3.8, 4) is 0 Å². The van der Waals surface area contributed by atoms with E-state index in [2.05, 4.69) is 0 Å². The molecule has 0 bridgehead atoms. The molecule has 106 valence electrons. The Kier molecular flexibility index (Phi) is 5.06. The lowest BCUT2D eigenvalue weighted by atomic mass is 9.89. The summed E-state index contributed by atoms with van der Waals surface area (Å²) in [6.45, 7) is 2.34. The largest absolute Gasteiger partial charge is 0.388 e. The van der Waals surface area contributed by atoms with Crippen LogP contribution in [0.4, 0.5) is 0 Å². The highest BCUT2D eigenvalue weighted by molar-refractivity contribution is 6.42. The number of aliphatic hydroxyl groups is 1. The maximum absolute atomic E-state index is 10.5. The second kappa shape index (κ2) is 6.59. The van der Waals surface area contributed by atoms with Gasteiger partial charge in [-0.2, -0.15) is 0 Å². The molecule has 2 aromatic carbocycles. The molecule has 2 unspecified atom stereocenters. The third kappa shape index (κ3) is 3.33. The van der Waals surface area contributed by atoms with Crippen molar-refractivity contribution in [3.63, 3.8) is 0 Å². The first-order valence-electron chi connectivity index (χ1n) is 6.42. The molecule has 2 nitrogen and oxygen atoms in total. The zero-order chi connectivity index (χ0) is 14.7. The lowest BCUT2D eigenvalue weighted by Gasteiger charge is -2.23. The number of aryl methyl sites for hydroxylation is 1. The van der Waals surface area contributed by atoms with Crippen LogP contribution in [-0.4, -0.2) is 11.7 Å². The van der Waals surface area contributed by atoms with Crippen LogP contribution in [0.5, 0.6) is 0 Å². The van der Waals surface area contributed by atoms with E-state index in [4.69, 9.17) is 28.9 Å². The smallest absolute Gasteiger partial charge is 0.0870 e. The molecule has 2 aromatic rings. The predicted octanol–water partition coefficient (Wildman–Crippen LogP) is 4.08. The van der Waals surface area contributed by atoms with Gasteiger partial charge in [-0.25, -0.2) is 0 Å². The summed E-state index contributed by atoms with van der Waals surface area (Å²) in [6, 6.07) is 13.1. The Morgan fingerprint density at radius 3 is 2.15 bits per heavy atom. The molecule has 0 heterocycles. The first-order valence-corrected chi connectivity index (χ1v) is 7.18. The molecule has 0 spiro atoms. The fourth-order valence-electron chi connectivity index (χ4n) is 2.19. The Labute approximate surface area is 129 Å². The van der Waals surface area contributed by atoms with Crippen molar-refractivity contribution in [1.29, 1.82) is 0 Å². The third-order valence-electron chi connectivity index (χ3n) is 3.43. The maximum Gasteiger partial charge on any atom is 0.0870 e. The third-order valence-corrected chi connectivity index (χ3v) is 4.16. The Hall–Kier alpha value is -1.06. The van der Waals surface area contributed by atoms with Crippen LogP contribution in [0, 0.1) is 6.92 Å². The topological polar surface area (TPSA) is 46.2 Å². The Bertz CT molecular complexity index is 584. The maximum atomic E-state index is 10.5. The fraction of sp³-hybridized carbons (Fsp3) is 0.250. The number of nitrogens with two attached hydrogens (primary N) is 1. The van der Waals surface area contributed by atoms with E-state index in [9.17, 15) is 5.11 Å². The minimum Gasteiger partial charge on any atom is -0.388 e. The number of hydrogen-bond donors (Lipinski definition) is 2. The molecule has 4 heteroatoms. The van der Waals surface area contributed by atoms with E-state index in [0.29, 0.717) is 16.6 Å². The van der Waals surface area contributed by atoms with Crippen molar-refractivity contribution in [2.24, 2.45) is 5.73 Å². The van der Waals surface area contributed by atoms with Gasteiger partial charge >= 0.3 is 0 Å². The first kappa shape index (κ1) is 15.3. The highest BCUT2D eigenvalue weighted by Crippen LogP contribution is 2.33. The van der Waals surface area contributed by atoms with Gasteiger partial charge < -0.3 is 10.8 Å². The Morgan fingerprint density at radius 1 is 1.00 bits per heavy atom. The van der Waals surface area contributed by atoms with Crippen molar-refractivity contribution in [1.82, 2.24) is 0 Å². The van der Waals surface area contributed by atoms with Crippen molar-refractivity contribution < 1.29 is 5.11 Å². The summed E-state index contributed by atoms with van der Waals surface area (Å²) in [5.41, 5.74) is 8.71. The standard InChI is InChI=1S/C16H17Cl2NO/c1-10-2-4-11(5-3-10)16(20)13(9-19)12-6-7-14(17)15(18)8-12/h2-8,13,16,20H,9,19H2,1H3. The van der Waals surface area contributed by atoms with Gasteiger partial charge in [0.2, 0.25) is 0 Å². The van der Waals surface area contributed by atoms with Gasteiger partial charge in [0, 0.05) is 12.5 Å². The van der Waals surface area contributed by atoms with Gasteiger partial charge in [-0.05, 0) is 30.2 Å². The molecule has 0 saturated heterocycles. The summed E-state index contributed by atoms with van der Waals surface area (Å²) in [6.07, 6.45) is -0.669. The van der Waals surface area contributed by atoms with Crippen LogP contribution in [0.25, 0.3) is 0 Å². The highest BCUT2D eigenvalue weighted by Gasteiger charge is 2.22. The number of rotatable bonds is 4. The molecule has 0 aliphatic heterocycles. The lowest BCUT2D eigenvalue weighted by Crippen LogP contribution is -2.20. The average Bonchev–Trinajstić information content (AvgIpc) is 2.44. The number of hydrogen-bond acceptors (Lipinski definition) is 2. The van der Waals surface area contributed by atoms with E-state index in [1.165, 1.54) is 0 Å². The van der Waals surface area contributed by atoms with Crippen LogP contribution in [0.2, 0.25) is 10.0 Å². The van der Waals surface area contributed by atoms with Gasteiger partial charge in [0.05, 0.1) is 16.1 Å². The molecule has 0 radical (unpaired) electrons. The number of aliphatic hydroxyl groups excluding tert-OH is 1. The fourth-order valence-corrected chi connectivity index (χ4v) is 2.49. The monoisotopic (exact) mass is 309 g/mol. The zero-order valence-electron chi connectivity index (χ0n) is 11.2. The molecular weight excluding hydrogens is 293 g/mol. The van der Waals surface area contributed by atoms with Crippen LogP contribution >= 0.6 is 23.2 Å². The van der Waals surface area contributed by atoms with Crippen molar-refractivity contribution in [2.45, 2.75) is 18.9 Å². The molecular formula is C16H17Cl2NO. The number of benzene rings is 2. The molecule has 3 N–H and O–H groups in total. The molecule has 0 aromatic heterocycles. The molecule has 0 saturated carbocycles.